The molecule has 1 saturated carbocycles. The minimum absolute atomic E-state index is 0.115. The molecule has 22 heavy (non-hydrogen) atoms. The highest BCUT2D eigenvalue weighted by Crippen LogP contribution is 2.48. The summed E-state index contributed by atoms with van der Waals surface area (Å²) in [4.78, 5) is 18.0. The number of nitrogens with zero attached hydrogens (tertiary/aromatic N) is 3. The fourth-order valence-electron chi connectivity index (χ4n) is 2.50. The topological polar surface area (TPSA) is 107 Å². The van der Waals surface area contributed by atoms with Gasteiger partial charge >= 0.3 is 5.69 Å². The first-order chi connectivity index (χ1) is 10.6. The molecular weight excluding hydrogens is 282 g/mol. The van der Waals surface area contributed by atoms with Gasteiger partial charge in [0.1, 0.15) is 6.20 Å². The first kappa shape index (κ1) is 14.2. The molecule has 0 spiro atoms. The molecule has 1 aromatic carbocycles. The second kappa shape index (κ2) is 5.59. The van der Waals surface area contributed by atoms with Crippen LogP contribution in [0.1, 0.15) is 18.4 Å². The van der Waals surface area contributed by atoms with Crippen molar-refractivity contribution in [3.63, 3.8) is 0 Å². The van der Waals surface area contributed by atoms with Crippen LogP contribution < -0.4 is 11.1 Å². The van der Waals surface area contributed by atoms with E-state index in [1.54, 1.807) is 0 Å². The molecule has 3 N–H and O–H groups in total. The lowest BCUT2D eigenvalue weighted by atomic mass is 9.96. The number of aromatic nitrogens is 2. The number of nitrogens with two attached hydrogens (primary N) is 1. The normalized spacial score (nSPS) is 15.3. The maximum Gasteiger partial charge on any atom is 0.329 e. The van der Waals surface area contributed by atoms with Crippen molar-refractivity contribution in [1.82, 2.24) is 9.97 Å². The van der Waals surface area contributed by atoms with Crippen LogP contribution in [0.15, 0.2) is 36.5 Å². The molecule has 0 atom stereocenters. The van der Waals surface area contributed by atoms with Crippen molar-refractivity contribution in [2.75, 3.05) is 17.6 Å². The van der Waals surface area contributed by atoms with Crippen LogP contribution in [0.5, 0.6) is 0 Å². The molecule has 114 valence electrons. The quantitative estimate of drug-likeness (QED) is 0.626. The molecule has 3 rings (SSSR count). The highest BCUT2D eigenvalue weighted by atomic mass is 16.6. The lowest BCUT2D eigenvalue weighted by Gasteiger charge is -2.16. The maximum absolute atomic E-state index is 10.7. The smallest absolute Gasteiger partial charge is 0.329 e. The fourth-order valence-corrected chi connectivity index (χ4v) is 2.50. The molecule has 2 aromatic rings. The van der Waals surface area contributed by atoms with Crippen LogP contribution in [0, 0.1) is 15.5 Å². The van der Waals surface area contributed by atoms with Gasteiger partial charge in [-0.1, -0.05) is 30.3 Å². The average molecular weight is 299 g/mol. The summed E-state index contributed by atoms with van der Waals surface area (Å²) in [5.41, 5.74) is 6.83. The van der Waals surface area contributed by atoms with Crippen LogP contribution in [-0.4, -0.2) is 21.4 Å². The first-order valence-electron chi connectivity index (χ1n) is 7.13. The van der Waals surface area contributed by atoms with E-state index >= 15 is 0 Å². The minimum Gasteiger partial charge on any atom is -0.378 e. The second-order valence-corrected chi connectivity index (χ2v) is 5.74. The summed E-state index contributed by atoms with van der Waals surface area (Å²) < 4.78 is 0. The van der Waals surface area contributed by atoms with Gasteiger partial charge in [0.05, 0.1) is 4.92 Å². The van der Waals surface area contributed by atoms with Crippen molar-refractivity contribution in [2.24, 2.45) is 5.41 Å². The number of nitrogens with one attached hydrogen (secondary N) is 1. The monoisotopic (exact) mass is 299 g/mol. The summed E-state index contributed by atoms with van der Waals surface area (Å²) in [6.07, 6.45) is 4.44. The van der Waals surface area contributed by atoms with Gasteiger partial charge in [0.2, 0.25) is 11.8 Å². The molecule has 0 aliphatic heterocycles. The Morgan fingerprint density at radius 1 is 1.32 bits per heavy atom. The lowest BCUT2D eigenvalue weighted by Crippen LogP contribution is -2.19. The molecule has 1 heterocycles. The van der Waals surface area contributed by atoms with Gasteiger partial charge in [-0.15, -0.1) is 0 Å². The zero-order valence-electron chi connectivity index (χ0n) is 12.0. The van der Waals surface area contributed by atoms with Gasteiger partial charge in [-0.25, -0.2) is 4.98 Å². The van der Waals surface area contributed by atoms with Gasteiger partial charge < -0.3 is 11.1 Å². The highest BCUT2D eigenvalue weighted by molar-refractivity contribution is 5.53. The molecule has 1 aliphatic rings. The third-order valence-corrected chi connectivity index (χ3v) is 4.00. The molecule has 0 radical (unpaired) electrons. The Balaban J connectivity index is 1.63. The third kappa shape index (κ3) is 3.13. The van der Waals surface area contributed by atoms with Crippen molar-refractivity contribution in [2.45, 2.75) is 19.3 Å². The van der Waals surface area contributed by atoms with Gasteiger partial charge in [-0.05, 0) is 30.2 Å². The van der Waals surface area contributed by atoms with Crippen molar-refractivity contribution < 1.29 is 4.92 Å². The zero-order chi connectivity index (χ0) is 15.6. The molecule has 0 saturated heterocycles. The predicted molar refractivity (Wildman–Crippen MR) is 83.4 cm³/mol. The van der Waals surface area contributed by atoms with Gasteiger partial charge in [-0.2, -0.15) is 4.98 Å². The Morgan fingerprint density at radius 3 is 2.64 bits per heavy atom. The summed E-state index contributed by atoms with van der Waals surface area (Å²) in [5, 5.41) is 13.8. The van der Waals surface area contributed by atoms with E-state index in [4.69, 9.17) is 5.73 Å². The SMILES string of the molecule is Nc1nc(NCC2(Cc3ccccc3)CC2)ncc1[N+](=O)[O-]. The van der Waals surface area contributed by atoms with Crippen molar-refractivity contribution in [3.8, 4) is 0 Å². The van der Waals surface area contributed by atoms with Crippen LogP contribution in [0.3, 0.4) is 0 Å². The Hall–Kier alpha value is -2.70. The van der Waals surface area contributed by atoms with Gasteiger partial charge in [-0.3, -0.25) is 10.1 Å². The predicted octanol–water partition coefficient (Wildman–Crippen LogP) is 2.40. The number of hydrogen-bond donors (Lipinski definition) is 2. The molecule has 1 aromatic heterocycles. The van der Waals surface area contributed by atoms with Gasteiger partial charge in [0.15, 0.2) is 0 Å². The second-order valence-electron chi connectivity index (χ2n) is 5.74. The Morgan fingerprint density at radius 2 is 2.05 bits per heavy atom. The molecule has 1 fully saturated rings. The summed E-state index contributed by atoms with van der Waals surface area (Å²) in [6.45, 7) is 0.735. The van der Waals surface area contributed by atoms with E-state index in [2.05, 4.69) is 27.4 Å². The van der Waals surface area contributed by atoms with Crippen LogP contribution in [0.25, 0.3) is 0 Å². The number of nitrogen functional groups attached to an aromatic ring is 1. The standard InChI is InChI=1S/C15H17N5O2/c16-13-12(20(21)22)9-17-14(19-13)18-10-15(6-7-15)8-11-4-2-1-3-5-11/h1-5,9H,6-8,10H2,(H3,16,17,18,19). The number of hydrogen-bond acceptors (Lipinski definition) is 6. The fraction of sp³-hybridized carbons (Fsp3) is 0.333. The molecule has 7 nitrogen and oxygen atoms in total. The Kier molecular flexibility index (Phi) is 3.62. The maximum atomic E-state index is 10.7. The molecule has 0 amide bonds. The molecule has 0 unspecified atom stereocenters. The van der Waals surface area contributed by atoms with E-state index in [1.807, 2.05) is 18.2 Å². The summed E-state index contributed by atoms with van der Waals surface area (Å²) >= 11 is 0. The van der Waals surface area contributed by atoms with Crippen molar-refractivity contribution in [1.29, 1.82) is 0 Å². The number of nitro groups is 1. The average Bonchev–Trinajstić information content (AvgIpc) is 3.26. The number of anilines is 2. The van der Waals surface area contributed by atoms with Crippen LogP contribution in [0.4, 0.5) is 17.5 Å². The highest BCUT2D eigenvalue weighted by Gasteiger charge is 2.42. The van der Waals surface area contributed by atoms with Gasteiger partial charge in [0.25, 0.3) is 0 Å². The number of benzene rings is 1. The van der Waals surface area contributed by atoms with Crippen molar-refractivity contribution >= 4 is 17.5 Å². The van der Waals surface area contributed by atoms with E-state index in [1.165, 1.54) is 5.56 Å². The molecule has 0 bridgehead atoms. The summed E-state index contributed by atoms with van der Waals surface area (Å²) in [7, 11) is 0. The van der Waals surface area contributed by atoms with E-state index in [0.29, 0.717) is 5.95 Å². The summed E-state index contributed by atoms with van der Waals surface area (Å²) in [5.74, 6) is 0.220. The largest absolute Gasteiger partial charge is 0.378 e. The van der Waals surface area contributed by atoms with E-state index in [9.17, 15) is 10.1 Å². The zero-order valence-corrected chi connectivity index (χ0v) is 12.0. The van der Waals surface area contributed by atoms with E-state index in [0.717, 1.165) is 32.0 Å². The molecular formula is C15H17N5O2. The van der Waals surface area contributed by atoms with Crippen molar-refractivity contribution in [3.05, 3.63) is 52.2 Å². The van der Waals surface area contributed by atoms with Gasteiger partial charge in [0, 0.05) is 6.54 Å². The van der Waals surface area contributed by atoms with Crippen LogP contribution in [0.2, 0.25) is 0 Å². The minimum atomic E-state index is -0.586. The number of rotatable bonds is 6. The Bertz CT molecular complexity index is 686. The molecule has 1 aliphatic carbocycles. The Labute approximate surface area is 127 Å². The van der Waals surface area contributed by atoms with E-state index in [-0.39, 0.29) is 16.9 Å². The summed E-state index contributed by atoms with van der Waals surface area (Å²) in [6, 6.07) is 10.3. The molecule has 7 heteroatoms. The van der Waals surface area contributed by atoms with Crippen LogP contribution in [-0.2, 0) is 6.42 Å². The van der Waals surface area contributed by atoms with Crippen LogP contribution >= 0.6 is 0 Å². The lowest BCUT2D eigenvalue weighted by molar-refractivity contribution is -0.384. The van der Waals surface area contributed by atoms with E-state index < -0.39 is 4.92 Å². The first-order valence-corrected chi connectivity index (χ1v) is 7.13. The third-order valence-electron chi connectivity index (χ3n) is 4.00.